The zero-order valence-electron chi connectivity index (χ0n) is 28.0. The Balaban J connectivity index is 2.01. The van der Waals surface area contributed by atoms with Crippen molar-refractivity contribution in [3.8, 4) is 11.1 Å². The lowest BCUT2D eigenvalue weighted by molar-refractivity contribution is -0.142. The van der Waals surface area contributed by atoms with Gasteiger partial charge in [0.1, 0.15) is 12.4 Å². The fourth-order valence-electron chi connectivity index (χ4n) is 6.38. The van der Waals surface area contributed by atoms with E-state index in [9.17, 15) is 9.18 Å². The molecular formula is C39H48FNO3Si. The Kier molecular flexibility index (Phi) is 11.5. The molecule has 0 radical (unpaired) electrons. The maximum Gasteiger partial charge on any atom is 0.303 e. The number of carbonyl (C=O) groups is 1. The summed E-state index contributed by atoms with van der Waals surface area (Å²) in [4.78, 5) is 17.2. The van der Waals surface area contributed by atoms with Crippen molar-refractivity contribution in [1.82, 2.24) is 4.98 Å². The van der Waals surface area contributed by atoms with Crippen LogP contribution in [0, 0.1) is 5.82 Å². The van der Waals surface area contributed by atoms with Gasteiger partial charge in [-0.15, -0.1) is 0 Å². The molecule has 4 rings (SSSR count). The lowest BCUT2D eigenvalue weighted by Gasteiger charge is -2.43. The van der Waals surface area contributed by atoms with Crippen molar-refractivity contribution in [1.29, 1.82) is 0 Å². The smallest absolute Gasteiger partial charge is 0.303 e. The normalized spacial score (nSPS) is 12.0. The Morgan fingerprint density at radius 1 is 0.844 bits per heavy atom. The van der Waals surface area contributed by atoms with Crippen LogP contribution in [0.25, 0.3) is 11.1 Å². The average Bonchev–Trinajstić information content (AvgIpc) is 3.01. The second-order valence-electron chi connectivity index (χ2n) is 13.1. The number of hydrogen-bond donors (Lipinski definition) is 0. The molecule has 0 saturated carbocycles. The van der Waals surface area contributed by atoms with Crippen LogP contribution in [-0.4, -0.2) is 19.3 Å². The monoisotopic (exact) mass is 625 g/mol. The van der Waals surface area contributed by atoms with Gasteiger partial charge in [0.05, 0.1) is 12.3 Å². The summed E-state index contributed by atoms with van der Waals surface area (Å²) in [6.45, 7) is 15.2. The standard InChI is InChI=1S/C39H48FNO3Si/c1-8-9-12-21-34-36(27-43-29(4)42)41-38(28(2)3)35(37(34)30-22-24-31(40)25-23-30)26-44-45(39(5,6)7,32-17-13-10-14-18-32)33-19-15-11-16-20-33/h10-11,13-20,22-25,28H,8-9,12,21,26-27H2,1-7H3. The van der Waals surface area contributed by atoms with Crippen LogP contribution >= 0.6 is 0 Å². The summed E-state index contributed by atoms with van der Waals surface area (Å²) in [5.41, 5.74) is 5.67. The van der Waals surface area contributed by atoms with E-state index in [1.807, 2.05) is 24.3 Å². The molecule has 0 spiro atoms. The topological polar surface area (TPSA) is 48.4 Å². The molecule has 45 heavy (non-hydrogen) atoms. The predicted octanol–water partition coefficient (Wildman–Crippen LogP) is 8.88. The summed E-state index contributed by atoms with van der Waals surface area (Å²) in [7, 11) is -2.87. The van der Waals surface area contributed by atoms with E-state index in [2.05, 4.69) is 90.1 Å². The lowest BCUT2D eigenvalue weighted by Crippen LogP contribution is -2.66. The molecule has 238 valence electrons. The minimum atomic E-state index is -2.87. The SMILES string of the molecule is CCCCCc1c(COC(C)=O)nc(C(C)C)c(CO[Si](c2ccccc2)(c2ccccc2)C(C)(C)C)c1-c1ccc(F)cc1. The number of carbonyl (C=O) groups excluding carboxylic acids is 1. The summed E-state index contributed by atoms with van der Waals surface area (Å²) in [6.07, 6.45) is 3.88. The van der Waals surface area contributed by atoms with Gasteiger partial charge in [0, 0.05) is 18.2 Å². The molecule has 3 aromatic carbocycles. The number of nitrogens with zero attached hydrogens (tertiary/aromatic N) is 1. The number of ether oxygens (including phenoxy) is 1. The largest absolute Gasteiger partial charge is 0.459 e. The number of aromatic nitrogens is 1. The van der Waals surface area contributed by atoms with Crippen molar-refractivity contribution in [2.75, 3.05) is 0 Å². The van der Waals surface area contributed by atoms with Crippen molar-refractivity contribution in [2.45, 2.75) is 98.3 Å². The van der Waals surface area contributed by atoms with Gasteiger partial charge in [-0.05, 0) is 63.0 Å². The van der Waals surface area contributed by atoms with E-state index in [1.54, 1.807) is 0 Å². The number of benzene rings is 3. The quantitative estimate of drug-likeness (QED) is 0.0846. The Morgan fingerprint density at radius 2 is 1.42 bits per heavy atom. The minimum Gasteiger partial charge on any atom is -0.459 e. The van der Waals surface area contributed by atoms with E-state index in [4.69, 9.17) is 14.1 Å². The number of hydrogen-bond acceptors (Lipinski definition) is 4. The number of unbranched alkanes of at least 4 members (excludes halogenated alkanes) is 2. The number of halogens is 1. The number of rotatable bonds is 13. The van der Waals surface area contributed by atoms with E-state index < -0.39 is 8.32 Å². The molecule has 0 aliphatic rings. The molecule has 0 aliphatic carbocycles. The van der Waals surface area contributed by atoms with Crippen molar-refractivity contribution in [2.24, 2.45) is 0 Å². The first-order valence-corrected chi connectivity index (χ1v) is 18.1. The van der Waals surface area contributed by atoms with E-state index in [0.29, 0.717) is 6.61 Å². The summed E-state index contributed by atoms with van der Waals surface area (Å²) in [5.74, 6) is -0.553. The van der Waals surface area contributed by atoms with Gasteiger partial charge in [-0.1, -0.05) is 127 Å². The van der Waals surface area contributed by atoms with E-state index >= 15 is 0 Å². The summed E-state index contributed by atoms with van der Waals surface area (Å²) >= 11 is 0. The van der Waals surface area contributed by atoms with Gasteiger partial charge in [-0.2, -0.15) is 0 Å². The second kappa shape index (κ2) is 15.1. The van der Waals surface area contributed by atoms with Crippen LogP contribution in [0.4, 0.5) is 4.39 Å². The zero-order chi connectivity index (χ0) is 32.6. The van der Waals surface area contributed by atoms with Gasteiger partial charge in [0.15, 0.2) is 0 Å². The molecule has 6 heteroatoms. The van der Waals surface area contributed by atoms with Crippen LogP contribution in [-0.2, 0) is 33.6 Å². The second-order valence-corrected chi connectivity index (χ2v) is 17.4. The van der Waals surface area contributed by atoms with Crippen molar-refractivity contribution in [3.05, 3.63) is 113 Å². The summed E-state index contributed by atoms with van der Waals surface area (Å²) < 4.78 is 27.3. The maximum absolute atomic E-state index is 14.3. The Morgan fingerprint density at radius 3 is 1.91 bits per heavy atom. The first-order chi connectivity index (χ1) is 21.5. The number of esters is 1. The summed E-state index contributed by atoms with van der Waals surface area (Å²) in [6, 6.07) is 28.0. The van der Waals surface area contributed by atoms with Gasteiger partial charge in [-0.3, -0.25) is 9.78 Å². The fraction of sp³-hybridized carbons (Fsp3) is 0.385. The highest BCUT2D eigenvalue weighted by Gasteiger charge is 2.50. The maximum atomic E-state index is 14.3. The zero-order valence-corrected chi connectivity index (χ0v) is 29.0. The van der Waals surface area contributed by atoms with Crippen LogP contribution in [0.1, 0.15) is 96.2 Å². The molecule has 1 aromatic heterocycles. The van der Waals surface area contributed by atoms with Crippen molar-refractivity contribution < 1.29 is 18.3 Å². The molecule has 1 heterocycles. The van der Waals surface area contributed by atoms with E-state index in [1.165, 1.54) is 29.4 Å². The Bertz CT molecular complexity index is 1510. The highest BCUT2D eigenvalue weighted by molar-refractivity contribution is 6.99. The van der Waals surface area contributed by atoms with E-state index in [0.717, 1.165) is 59.3 Å². The van der Waals surface area contributed by atoms with Gasteiger partial charge < -0.3 is 9.16 Å². The van der Waals surface area contributed by atoms with Crippen LogP contribution in [0.3, 0.4) is 0 Å². The van der Waals surface area contributed by atoms with Crippen LogP contribution in [0.15, 0.2) is 84.9 Å². The van der Waals surface area contributed by atoms with Crippen molar-refractivity contribution >= 4 is 24.7 Å². The molecule has 4 nitrogen and oxygen atoms in total. The highest BCUT2D eigenvalue weighted by atomic mass is 28.4. The minimum absolute atomic E-state index is 0.0720. The fourth-order valence-corrected chi connectivity index (χ4v) is 10.9. The molecule has 0 N–H and O–H groups in total. The summed E-state index contributed by atoms with van der Waals surface area (Å²) in [5, 5.41) is 2.22. The predicted molar refractivity (Wildman–Crippen MR) is 185 cm³/mol. The molecule has 0 fully saturated rings. The molecule has 0 amide bonds. The third-order valence-corrected chi connectivity index (χ3v) is 13.5. The van der Waals surface area contributed by atoms with Crippen LogP contribution < -0.4 is 10.4 Å². The lowest BCUT2D eigenvalue weighted by atomic mass is 9.87. The third kappa shape index (κ3) is 7.79. The van der Waals surface area contributed by atoms with Gasteiger partial charge in [0.25, 0.3) is 8.32 Å². The molecular weight excluding hydrogens is 578 g/mol. The average molecular weight is 626 g/mol. The molecule has 0 aliphatic heterocycles. The molecule has 0 unspecified atom stereocenters. The molecule has 0 bridgehead atoms. The van der Waals surface area contributed by atoms with Crippen molar-refractivity contribution in [3.63, 3.8) is 0 Å². The molecule has 0 saturated heterocycles. The van der Waals surface area contributed by atoms with Gasteiger partial charge >= 0.3 is 5.97 Å². The highest BCUT2D eigenvalue weighted by Crippen LogP contribution is 2.40. The number of pyridine rings is 1. The Labute approximate surface area is 270 Å². The van der Waals surface area contributed by atoms with Gasteiger partial charge in [-0.25, -0.2) is 4.39 Å². The molecule has 4 aromatic rings. The molecule has 0 atom stereocenters. The van der Waals surface area contributed by atoms with Gasteiger partial charge in [0.2, 0.25) is 0 Å². The van der Waals surface area contributed by atoms with E-state index in [-0.39, 0.29) is 29.3 Å². The van der Waals surface area contributed by atoms with Crippen LogP contribution in [0.2, 0.25) is 5.04 Å². The Hall–Kier alpha value is -3.61. The first kappa shape index (κ1) is 34.3. The third-order valence-electron chi connectivity index (χ3n) is 8.49. The van der Waals surface area contributed by atoms with Crippen LogP contribution in [0.5, 0.6) is 0 Å². The first-order valence-electron chi connectivity index (χ1n) is 16.2.